The summed E-state index contributed by atoms with van der Waals surface area (Å²) < 4.78 is 11.8. The van der Waals surface area contributed by atoms with E-state index in [1.807, 2.05) is 20.8 Å². The molecule has 0 saturated carbocycles. The van der Waals surface area contributed by atoms with Crippen LogP contribution in [0.25, 0.3) is 0 Å². The van der Waals surface area contributed by atoms with Gasteiger partial charge < -0.3 is 20.1 Å². The molecule has 31 heavy (non-hydrogen) atoms. The monoisotopic (exact) mass is 432 g/mol. The number of methoxy groups -OCH3 is 2. The highest BCUT2D eigenvalue weighted by molar-refractivity contribution is 6.07. The number of H-pyrrole nitrogens is 1. The number of amides is 1. The molecule has 2 aromatic rings. The minimum absolute atomic E-state index is 0.0193. The average molecular weight is 433 g/mol. The molecule has 0 atom stereocenters. The third-order valence-corrected chi connectivity index (χ3v) is 4.99. The van der Waals surface area contributed by atoms with Crippen LogP contribution in [-0.4, -0.2) is 36.2 Å². The molecule has 170 valence electrons. The van der Waals surface area contributed by atoms with Crippen molar-refractivity contribution >= 4 is 17.4 Å². The van der Waals surface area contributed by atoms with E-state index in [2.05, 4.69) is 4.98 Å². The van der Waals surface area contributed by atoms with Crippen molar-refractivity contribution in [3.05, 3.63) is 44.6 Å². The molecular formula is C22H32N4O5. The quantitative estimate of drug-likeness (QED) is 0.596. The van der Waals surface area contributed by atoms with Crippen LogP contribution in [0.1, 0.15) is 50.4 Å². The second kappa shape index (κ2) is 10.7. The zero-order valence-electron chi connectivity index (χ0n) is 18.9. The third-order valence-electron chi connectivity index (χ3n) is 4.99. The van der Waals surface area contributed by atoms with E-state index in [0.29, 0.717) is 30.9 Å². The van der Waals surface area contributed by atoms with Crippen molar-refractivity contribution in [3.63, 3.8) is 0 Å². The lowest BCUT2D eigenvalue weighted by atomic mass is 10.1. The number of hydrogen-bond acceptors (Lipinski definition) is 6. The van der Waals surface area contributed by atoms with E-state index in [4.69, 9.17) is 15.2 Å². The molecule has 0 spiro atoms. The van der Waals surface area contributed by atoms with Crippen molar-refractivity contribution in [1.82, 2.24) is 9.55 Å². The maximum absolute atomic E-state index is 13.5. The Kier molecular flexibility index (Phi) is 8.30. The highest BCUT2D eigenvalue weighted by atomic mass is 16.5. The molecule has 1 heterocycles. The number of carbonyl (C=O) groups is 1. The van der Waals surface area contributed by atoms with Crippen LogP contribution in [-0.2, 0) is 6.54 Å². The molecule has 0 bridgehead atoms. The Morgan fingerprint density at radius 2 is 1.77 bits per heavy atom. The van der Waals surface area contributed by atoms with Gasteiger partial charge in [-0.15, -0.1) is 0 Å². The number of ether oxygens (including phenoxy) is 2. The number of unbranched alkanes of at least 4 members (excludes halogenated alkanes) is 1. The van der Waals surface area contributed by atoms with Crippen molar-refractivity contribution in [3.8, 4) is 11.5 Å². The number of anilines is 2. The Morgan fingerprint density at radius 1 is 1.16 bits per heavy atom. The first kappa shape index (κ1) is 24.0. The van der Waals surface area contributed by atoms with Gasteiger partial charge in [-0.1, -0.05) is 27.2 Å². The molecule has 0 radical (unpaired) electrons. The van der Waals surface area contributed by atoms with E-state index in [0.717, 1.165) is 6.42 Å². The first-order valence-corrected chi connectivity index (χ1v) is 10.4. The third kappa shape index (κ3) is 5.68. The van der Waals surface area contributed by atoms with Crippen molar-refractivity contribution in [2.45, 2.75) is 46.6 Å². The van der Waals surface area contributed by atoms with Gasteiger partial charge >= 0.3 is 5.69 Å². The zero-order valence-corrected chi connectivity index (χ0v) is 18.9. The second-order valence-electron chi connectivity index (χ2n) is 7.74. The predicted octanol–water partition coefficient (Wildman–Crippen LogP) is 2.63. The van der Waals surface area contributed by atoms with Crippen LogP contribution in [0.4, 0.5) is 11.5 Å². The Balaban J connectivity index is 2.64. The molecule has 0 fully saturated rings. The van der Waals surface area contributed by atoms with Gasteiger partial charge in [-0.3, -0.25) is 19.1 Å². The van der Waals surface area contributed by atoms with Gasteiger partial charge in [0.25, 0.3) is 11.5 Å². The van der Waals surface area contributed by atoms with Crippen molar-refractivity contribution < 1.29 is 14.3 Å². The van der Waals surface area contributed by atoms with Crippen LogP contribution in [0, 0.1) is 5.92 Å². The van der Waals surface area contributed by atoms with Gasteiger partial charge in [-0.25, -0.2) is 4.79 Å². The topological polar surface area (TPSA) is 120 Å². The Hall–Kier alpha value is -3.23. The van der Waals surface area contributed by atoms with Crippen LogP contribution in [0.5, 0.6) is 11.5 Å². The summed E-state index contributed by atoms with van der Waals surface area (Å²) in [6, 6.07) is 4.80. The zero-order chi connectivity index (χ0) is 23.1. The summed E-state index contributed by atoms with van der Waals surface area (Å²) in [6.45, 7) is 6.64. The minimum Gasteiger partial charge on any atom is -0.497 e. The maximum Gasteiger partial charge on any atom is 0.330 e. The number of nitrogen functional groups attached to an aromatic ring is 1. The Morgan fingerprint density at radius 3 is 2.29 bits per heavy atom. The number of rotatable bonds is 10. The first-order chi connectivity index (χ1) is 14.7. The fourth-order valence-electron chi connectivity index (χ4n) is 3.17. The van der Waals surface area contributed by atoms with Crippen LogP contribution >= 0.6 is 0 Å². The summed E-state index contributed by atoms with van der Waals surface area (Å²) in [5, 5.41) is 0. The van der Waals surface area contributed by atoms with E-state index >= 15 is 0 Å². The first-order valence-electron chi connectivity index (χ1n) is 10.4. The average Bonchev–Trinajstić information content (AvgIpc) is 2.74. The van der Waals surface area contributed by atoms with Crippen LogP contribution in [0.2, 0.25) is 0 Å². The van der Waals surface area contributed by atoms with Crippen LogP contribution < -0.4 is 31.4 Å². The molecule has 0 aliphatic heterocycles. The molecule has 9 nitrogen and oxygen atoms in total. The van der Waals surface area contributed by atoms with E-state index in [9.17, 15) is 14.4 Å². The second-order valence-corrected chi connectivity index (χ2v) is 7.74. The molecular weight excluding hydrogens is 400 g/mol. The summed E-state index contributed by atoms with van der Waals surface area (Å²) in [5.41, 5.74) is 5.24. The summed E-state index contributed by atoms with van der Waals surface area (Å²) in [6.07, 6.45) is 2.20. The highest BCUT2D eigenvalue weighted by Gasteiger charge is 2.26. The van der Waals surface area contributed by atoms with Crippen molar-refractivity contribution in [2.75, 3.05) is 31.4 Å². The van der Waals surface area contributed by atoms with Gasteiger partial charge in [0.1, 0.15) is 17.3 Å². The highest BCUT2D eigenvalue weighted by Crippen LogP contribution is 2.26. The van der Waals surface area contributed by atoms with Crippen LogP contribution in [0.15, 0.2) is 27.8 Å². The molecule has 9 heteroatoms. The molecule has 1 amide bonds. The maximum atomic E-state index is 13.5. The minimum atomic E-state index is -0.692. The number of carbonyl (C=O) groups excluding carboxylic acids is 1. The summed E-state index contributed by atoms with van der Waals surface area (Å²) in [7, 11) is 2.98. The largest absolute Gasteiger partial charge is 0.497 e. The number of hydrogen-bond donors (Lipinski definition) is 2. The van der Waals surface area contributed by atoms with Gasteiger partial charge in [0, 0.05) is 24.7 Å². The predicted molar refractivity (Wildman–Crippen MR) is 121 cm³/mol. The van der Waals surface area contributed by atoms with Gasteiger partial charge in [-0.2, -0.15) is 0 Å². The molecule has 2 rings (SSSR count). The molecule has 3 N–H and O–H groups in total. The van der Waals surface area contributed by atoms with Crippen molar-refractivity contribution in [2.24, 2.45) is 5.92 Å². The summed E-state index contributed by atoms with van der Waals surface area (Å²) in [5.74, 6) is 0.717. The summed E-state index contributed by atoms with van der Waals surface area (Å²) in [4.78, 5) is 42.2. The number of aromatic amines is 1. The molecule has 1 aromatic heterocycles. The number of nitrogens with one attached hydrogen (secondary N) is 1. The normalized spacial score (nSPS) is 10.9. The van der Waals surface area contributed by atoms with E-state index in [1.165, 1.54) is 23.7 Å². The van der Waals surface area contributed by atoms with Gasteiger partial charge in [0.15, 0.2) is 5.69 Å². The molecule has 0 aliphatic carbocycles. The number of aromatic nitrogens is 2. The lowest BCUT2D eigenvalue weighted by Gasteiger charge is -2.25. The number of nitrogens with two attached hydrogens (primary N) is 1. The fraction of sp³-hybridized carbons (Fsp3) is 0.500. The van der Waals surface area contributed by atoms with Gasteiger partial charge in [-0.05, 0) is 30.9 Å². The van der Waals surface area contributed by atoms with Crippen LogP contribution in [0.3, 0.4) is 0 Å². The molecule has 0 saturated heterocycles. The van der Waals surface area contributed by atoms with Crippen molar-refractivity contribution in [1.29, 1.82) is 0 Å². The lowest BCUT2D eigenvalue weighted by molar-refractivity contribution is 0.0984. The van der Waals surface area contributed by atoms with Gasteiger partial charge in [0.05, 0.1) is 14.2 Å². The standard InChI is InChI=1S/C22H32N4O5/c1-6-7-9-26-19(23)18(20(27)24-22(26)29)25(10-8-14(2)3)21(28)15-11-16(30-4)13-17(12-15)31-5/h11-14H,6-10,23H2,1-5H3,(H,24,27,29). The fourth-order valence-corrected chi connectivity index (χ4v) is 3.17. The lowest BCUT2D eigenvalue weighted by Crippen LogP contribution is -2.42. The van der Waals surface area contributed by atoms with Gasteiger partial charge in [0.2, 0.25) is 0 Å². The Labute approximate surface area is 181 Å². The van der Waals surface area contributed by atoms with E-state index < -0.39 is 17.2 Å². The summed E-state index contributed by atoms with van der Waals surface area (Å²) >= 11 is 0. The molecule has 0 aliphatic rings. The smallest absolute Gasteiger partial charge is 0.330 e. The molecule has 0 unspecified atom stereocenters. The number of nitrogens with zero attached hydrogens (tertiary/aromatic N) is 2. The number of benzene rings is 1. The van der Waals surface area contributed by atoms with E-state index in [1.54, 1.807) is 18.2 Å². The SMILES string of the molecule is CCCCn1c(N)c(N(CCC(C)C)C(=O)c2cc(OC)cc(OC)c2)c(=O)[nH]c1=O. The van der Waals surface area contributed by atoms with E-state index in [-0.39, 0.29) is 29.5 Å². The Bertz CT molecular complexity index is 1000. The molecule has 1 aromatic carbocycles.